The van der Waals surface area contributed by atoms with Crippen molar-refractivity contribution in [3.63, 3.8) is 0 Å². The zero-order chi connectivity index (χ0) is 20.8. The molecule has 3 aromatic carbocycles. The predicted octanol–water partition coefficient (Wildman–Crippen LogP) is 7.27. The minimum Gasteiger partial charge on any atom is -0.361 e. The van der Waals surface area contributed by atoms with E-state index in [4.69, 9.17) is 0 Å². The summed E-state index contributed by atoms with van der Waals surface area (Å²) in [5, 5.41) is 3.85. The molecule has 6 aromatic rings. The van der Waals surface area contributed by atoms with E-state index >= 15 is 0 Å². The molecule has 6 rings (SSSR count). The molecular weight excluding hydrogens is 378 g/mol. The van der Waals surface area contributed by atoms with Gasteiger partial charge in [-0.3, -0.25) is 0 Å². The SMILES string of the molecule is CCCC(c1c[nH]c2ccccc12)(c1c[nH]c2ccccc12)c1c[nH]c2ccccc12. The van der Waals surface area contributed by atoms with Crippen LogP contribution in [-0.4, -0.2) is 15.0 Å². The van der Waals surface area contributed by atoms with E-state index in [0.717, 1.165) is 12.8 Å². The number of para-hydroxylation sites is 3. The van der Waals surface area contributed by atoms with Crippen LogP contribution in [0.2, 0.25) is 0 Å². The molecule has 0 aliphatic carbocycles. The average molecular weight is 404 g/mol. The highest BCUT2D eigenvalue weighted by Crippen LogP contribution is 2.49. The van der Waals surface area contributed by atoms with Crippen LogP contribution in [0.4, 0.5) is 0 Å². The second kappa shape index (κ2) is 6.92. The van der Waals surface area contributed by atoms with Gasteiger partial charge in [-0.25, -0.2) is 0 Å². The number of benzene rings is 3. The van der Waals surface area contributed by atoms with Crippen molar-refractivity contribution in [3.05, 3.63) is 108 Å². The number of nitrogens with one attached hydrogen (secondary N) is 3. The zero-order valence-corrected chi connectivity index (χ0v) is 17.6. The Labute approximate surface area is 181 Å². The van der Waals surface area contributed by atoms with Crippen molar-refractivity contribution in [2.24, 2.45) is 0 Å². The van der Waals surface area contributed by atoms with Crippen molar-refractivity contribution in [1.29, 1.82) is 0 Å². The number of hydrogen-bond acceptors (Lipinski definition) is 0. The molecule has 0 aliphatic heterocycles. The van der Waals surface area contributed by atoms with Crippen LogP contribution in [0.1, 0.15) is 36.5 Å². The van der Waals surface area contributed by atoms with Crippen molar-refractivity contribution >= 4 is 32.7 Å². The first-order valence-corrected chi connectivity index (χ1v) is 11.0. The van der Waals surface area contributed by atoms with Gasteiger partial charge in [-0.2, -0.15) is 0 Å². The van der Waals surface area contributed by atoms with Gasteiger partial charge < -0.3 is 15.0 Å². The fourth-order valence-corrected chi connectivity index (χ4v) is 5.49. The third-order valence-electron chi connectivity index (χ3n) is 6.77. The van der Waals surface area contributed by atoms with E-state index in [9.17, 15) is 0 Å². The average Bonchev–Trinajstić information content (AvgIpc) is 3.54. The summed E-state index contributed by atoms with van der Waals surface area (Å²) in [5.41, 5.74) is 7.25. The van der Waals surface area contributed by atoms with E-state index in [1.165, 1.54) is 49.4 Å². The summed E-state index contributed by atoms with van der Waals surface area (Å²) in [6.45, 7) is 2.29. The summed E-state index contributed by atoms with van der Waals surface area (Å²) in [6, 6.07) is 26.0. The first-order valence-electron chi connectivity index (χ1n) is 11.0. The maximum absolute atomic E-state index is 3.55. The van der Waals surface area contributed by atoms with Gasteiger partial charge in [0.2, 0.25) is 0 Å². The van der Waals surface area contributed by atoms with Gasteiger partial charge in [0.15, 0.2) is 0 Å². The molecule has 0 unspecified atom stereocenters. The fraction of sp³-hybridized carbons (Fsp3) is 0.143. The molecule has 0 amide bonds. The standard InChI is InChI=1S/C28H25N3/c1-2-15-28(22-16-29-25-12-6-3-9-19(22)25,23-17-30-26-13-7-4-10-20(23)26)24-18-31-27-14-8-5-11-21(24)27/h3-14,16-18,29-31H,2,15H2,1H3. The molecule has 3 heterocycles. The molecule has 31 heavy (non-hydrogen) atoms. The summed E-state index contributed by atoms with van der Waals surface area (Å²) in [5.74, 6) is 0. The van der Waals surface area contributed by atoms with Crippen LogP contribution in [0.25, 0.3) is 32.7 Å². The van der Waals surface area contributed by atoms with Crippen LogP contribution in [0.15, 0.2) is 91.4 Å². The monoisotopic (exact) mass is 403 g/mol. The van der Waals surface area contributed by atoms with Gasteiger partial charge in [-0.1, -0.05) is 67.9 Å². The summed E-state index contributed by atoms with van der Waals surface area (Å²) >= 11 is 0. The van der Waals surface area contributed by atoms with Gasteiger partial charge in [-0.15, -0.1) is 0 Å². The van der Waals surface area contributed by atoms with Gasteiger partial charge in [0.25, 0.3) is 0 Å². The summed E-state index contributed by atoms with van der Waals surface area (Å²) in [4.78, 5) is 10.7. The Kier molecular flexibility index (Phi) is 4.03. The molecule has 0 bridgehead atoms. The van der Waals surface area contributed by atoms with E-state index < -0.39 is 0 Å². The Balaban J connectivity index is 1.79. The zero-order valence-electron chi connectivity index (χ0n) is 17.6. The first kappa shape index (κ1) is 18.1. The number of aromatic amines is 3. The van der Waals surface area contributed by atoms with Crippen LogP contribution >= 0.6 is 0 Å². The van der Waals surface area contributed by atoms with Crippen molar-refractivity contribution in [2.75, 3.05) is 0 Å². The highest BCUT2D eigenvalue weighted by molar-refractivity contribution is 5.94. The van der Waals surface area contributed by atoms with E-state index in [0.29, 0.717) is 0 Å². The number of H-pyrrole nitrogens is 3. The summed E-state index contributed by atoms with van der Waals surface area (Å²) < 4.78 is 0. The maximum atomic E-state index is 3.55. The van der Waals surface area contributed by atoms with Crippen LogP contribution in [0.5, 0.6) is 0 Å². The van der Waals surface area contributed by atoms with Crippen molar-refractivity contribution < 1.29 is 0 Å². The Bertz CT molecular complexity index is 1330. The molecule has 0 fully saturated rings. The number of aromatic nitrogens is 3. The lowest BCUT2D eigenvalue weighted by atomic mass is 9.66. The van der Waals surface area contributed by atoms with Gasteiger partial charge in [-0.05, 0) is 41.3 Å². The van der Waals surface area contributed by atoms with Gasteiger partial charge >= 0.3 is 0 Å². The second-order valence-corrected chi connectivity index (χ2v) is 8.40. The van der Waals surface area contributed by atoms with Crippen LogP contribution in [0, 0.1) is 0 Å². The summed E-state index contributed by atoms with van der Waals surface area (Å²) in [6.07, 6.45) is 8.76. The molecule has 0 radical (unpaired) electrons. The summed E-state index contributed by atoms with van der Waals surface area (Å²) in [7, 11) is 0. The smallest absolute Gasteiger partial charge is 0.0514 e. The van der Waals surface area contributed by atoms with Gasteiger partial charge in [0, 0.05) is 51.3 Å². The number of rotatable bonds is 5. The molecule has 3 heteroatoms. The third kappa shape index (κ3) is 2.53. The quantitative estimate of drug-likeness (QED) is 0.271. The normalized spacial score (nSPS) is 12.3. The van der Waals surface area contributed by atoms with E-state index in [1.807, 2.05) is 0 Å². The minimum absolute atomic E-state index is 0.284. The van der Waals surface area contributed by atoms with Gasteiger partial charge in [0.1, 0.15) is 0 Å². The fourth-order valence-electron chi connectivity index (χ4n) is 5.49. The molecule has 0 saturated carbocycles. The highest BCUT2D eigenvalue weighted by Gasteiger charge is 2.41. The molecule has 0 spiro atoms. The van der Waals surface area contributed by atoms with E-state index in [-0.39, 0.29) is 5.41 Å². The molecule has 0 atom stereocenters. The highest BCUT2D eigenvalue weighted by atomic mass is 14.7. The third-order valence-corrected chi connectivity index (χ3v) is 6.77. The van der Waals surface area contributed by atoms with Crippen LogP contribution in [-0.2, 0) is 5.41 Å². The van der Waals surface area contributed by atoms with Crippen LogP contribution in [0.3, 0.4) is 0 Å². The molecule has 3 nitrogen and oxygen atoms in total. The van der Waals surface area contributed by atoms with Crippen LogP contribution < -0.4 is 0 Å². The molecular formula is C28H25N3. The van der Waals surface area contributed by atoms with Crippen molar-refractivity contribution in [3.8, 4) is 0 Å². The lowest BCUT2D eigenvalue weighted by Crippen LogP contribution is -2.28. The molecule has 0 aliphatic rings. The Morgan fingerprint density at radius 1 is 0.548 bits per heavy atom. The Morgan fingerprint density at radius 3 is 1.26 bits per heavy atom. The predicted molar refractivity (Wildman–Crippen MR) is 130 cm³/mol. The Morgan fingerprint density at radius 2 is 0.903 bits per heavy atom. The molecule has 0 saturated heterocycles. The molecule has 3 aromatic heterocycles. The lowest BCUT2D eigenvalue weighted by Gasteiger charge is -2.34. The lowest BCUT2D eigenvalue weighted by molar-refractivity contribution is 0.562. The molecule has 3 N–H and O–H groups in total. The minimum atomic E-state index is -0.284. The topological polar surface area (TPSA) is 47.4 Å². The first-order chi connectivity index (χ1) is 15.3. The largest absolute Gasteiger partial charge is 0.361 e. The van der Waals surface area contributed by atoms with Gasteiger partial charge in [0.05, 0.1) is 5.41 Å². The molecule has 152 valence electrons. The second-order valence-electron chi connectivity index (χ2n) is 8.40. The van der Waals surface area contributed by atoms with E-state index in [2.05, 4.69) is 113 Å². The van der Waals surface area contributed by atoms with Crippen molar-refractivity contribution in [1.82, 2.24) is 15.0 Å². The maximum Gasteiger partial charge on any atom is 0.0514 e. The Hall–Kier alpha value is -3.72. The number of fused-ring (bicyclic) bond motifs is 3. The number of hydrogen-bond donors (Lipinski definition) is 3. The van der Waals surface area contributed by atoms with E-state index in [1.54, 1.807) is 0 Å². The van der Waals surface area contributed by atoms with Crippen molar-refractivity contribution in [2.45, 2.75) is 25.2 Å².